The molecule has 0 bridgehead atoms. The lowest BCUT2D eigenvalue weighted by Crippen LogP contribution is -1.86. The van der Waals surface area contributed by atoms with Crippen molar-refractivity contribution in [2.75, 3.05) is 0 Å². The van der Waals surface area contributed by atoms with Crippen LogP contribution in [0.2, 0.25) is 0 Å². The number of allylic oxidation sites excluding steroid dienone is 4. The van der Waals surface area contributed by atoms with Gasteiger partial charge in [-0.05, 0) is 18.4 Å². The molecule has 0 saturated heterocycles. The molecule has 0 unspecified atom stereocenters. The highest BCUT2D eigenvalue weighted by molar-refractivity contribution is 5.29. The van der Waals surface area contributed by atoms with Crippen LogP contribution < -0.4 is 0 Å². The summed E-state index contributed by atoms with van der Waals surface area (Å²) in [5, 5.41) is 0. The average Bonchev–Trinajstić information content (AvgIpc) is 2.59. The molecule has 0 amide bonds. The molecule has 0 heterocycles. The van der Waals surface area contributed by atoms with E-state index in [1.807, 2.05) is 0 Å². The molecular weight excluding hydrogens is 144 g/mol. The van der Waals surface area contributed by atoms with Gasteiger partial charge < -0.3 is 0 Å². The largest absolute Gasteiger partial charge is 0.0804 e. The normalized spacial score (nSPS) is 14.8. The lowest BCUT2D eigenvalue weighted by atomic mass is 10.1. The van der Waals surface area contributed by atoms with Crippen molar-refractivity contribution in [3.05, 3.63) is 59.7 Å². The Labute approximate surface area is 73.2 Å². The highest BCUT2D eigenvalue weighted by atomic mass is 14.0. The van der Waals surface area contributed by atoms with Gasteiger partial charge in [0.2, 0.25) is 0 Å². The van der Waals surface area contributed by atoms with Crippen molar-refractivity contribution in [2.24, 2.45) is 0 Å². The molecule has 1 aliphatic carbocycles. The maximum Gasteiger partial charge on any atom is -0.00609 e. The minimum atomic E-state index is 1.10. The highest BCUT2D eigenvalue weighted by Crippen LogP contribution is 2.15. The van der Waals surface area contributed by atoms with Gasteiger partial charge in [0.05, 0.1) is 0 Å². The summed E-state index contributed by atoms with van der Waals surface area (Å²) < 4.78 is 0. The van der Waals surface area contributed by atoms with E-state index in [9.17, 15) is 0 Å². The summed E-state index contributed by atoms with van der Waals surface area (Å²) >= 11 is 0. The summed E-state index contributed by atoms with van der Waals surface area (Å²) in [5.41, 5.74) is 2.92. The third kappa shape index (κ3) is 1.65. The first-order valence-electron chi connectivity index (χ1n) is 4.33. The first kappa shape index (κ1) is 7.35. The van der Waals surface area contributed by atoms with Crippen LogP contribution in [0.5, 0.6) is 0 Å². The van der Waals surface area contributed by atoms with E-state index in [4.69, 9.17) is 0 Å². The second kappa shape index (κ2) is 3.40. The molecule has 0 atom stereocenters. The van der Waals surface area contributed by atoms with E-state index in [1.54, 1.807) is 0 Å². The van der Waals surface area contributed by atoms with Crippen LogP contribution in [0, 0.1) is 0 Å². The molecule has 0 fully saturated rings. The van der Waals surface area contributed by atoms with Crippen LogP contribution in [-0.4, -0.2) is 0 Å². The van der Waals surface area contributed by atoms with Gasteiger partial charge in [0.25, 0.3) is 0 Å². The van der Waals surface area contributed by atoms with Gasteiger partial charge in [-0.25, -0.2) is 0 Å². The quantitative estimate of drug-likeness (QED) is 0.617. The predicted molar refractivity (Wildman–Crippen MR) is 52.0 cm³/mol. The van der Waals surface area contributed by atoms with Crippen LogP contribution >= 0.6 is 0 Å². The summed E-state index contributed by atoms with van der Waals surface area (Å²) in [5.74, 6) is 0. The zero-order valence-electron chi connectivity index (χ0n) is 7.03. The third-order valence-electron chi connectivity index (χ3n) is 2.12. The van der Waals surface area contributed by atoms with E-state index in [0.717, 1.165) is 12.8 Å². The van der Waals surface area contributed by atoms with E-state index in [-0.39, 0.29) is 0 Å². The Kier molecular flexibility index (Phi) is 2.08. The van der Waals surface area contributed by atoms with E-state index in [2.05, 4.69) is 48.6 Å². The summed E-state index contributed by atoms with van der Waals surface area (Å²) in [4.78, 5) is 0. The minimum Gasteiger partial charge on any atom is -0.0804 e. The Morgan fingerprint density at radius 1 is 1.08 bits per heavy atom. The van der Waals surface area contributed by atoms with Gasteiger partial charge in [-0.15, -0.1) is 0 Å². The maximum atomic E-state index is 2.22. The predicted octanol–water partition coefficient (Wildman–Crippen LogP) is 3.12. The van der Waals surface area contributed by atoms with Gasteiger partial charge in [0.15, 0.2) is 0 Å². The summed E-state index contributed by atoms with van der Waals surface area (Å²) in [6, 6.07) is 10.6. The summed E-state index contributed by atoms with van der Waals surface area (Å²) in [7, 11) is 0. The summed E-state index contributed by atoms with van der Waals surface area (Å²) in [6.07, 6.45) is 8.80. The number of hydrogen-bond donors (Lipinski definition) is 0. The second-order valence-electron chi connectivity index (χ2n) is 3.12. The van der Waals surface area contributed by atoms with Crippen LogP contribution in [0.15, 0.2) is 54.1 Å². The van der Waals surface area contributed by atoms with Crippen molar-refractivity contribution in [2.45, 2.75) is 12.8 Å². The topological polar surface area (TPSA) is 0 Å². The van der Waals surface area contributed by atoms with E-state index < -0.39 is 0 Å². The molecule has 0 N–H and O–H groups in total. The first-order valence-corrected chi connectivity index (χ1v) is 4.33. The smallest absolute Gasteiger partial charge is 0.00609 e. The Morgan fingerprint density at radius 3 is 2.58 bits per heavy atom. The standard InChI is InChI=1S/C12H12/c1-2-6-11(7-3-1)10-12-8-4-5-9-12/h1-8H,9-10H2. The van der Waals surface area contributed by atoms with Gasteiger partial charge in [0.1, 0.15) is 0 Å². The molecule has 0 aliphatic heterocycles. The molecule has 0 radical (unpaired) electrons. The Morgan fingerprint density at radius 2 is 1.92 bits per heavy atom. The van der Waals surface area contributed by atoms with Crippen LogP contribution in [0.4, 0.5) is 0 Å². The molecule has 12 heavy (non-hydrogen) atoms. The van der Waals surface area contributed by atoms with Gasteiger partial charge >= 0.3 is 0 Å². The molecule has 1 aromatic rings. The highest BCUT2D eigenvalue weighted by Gasteiger charge is 1.99. The van der Waals surface area contributed by atoms with Gasteiger partial charge in [-0.3, -0.25) is 0 Å². The lowest BCUT2D eigenvalue weighted by Gasteiger charge is -2.00. The molecule has 0 heteroatoms. The fourth-order valence-electron chi connectivity index (χ4n) is 1.48. The number of hydrogen-bond acceptors (Lipinski definition) is 0. The fraction of sp³-hybridized carbons (Fsp3) is 0.167. The van der Waals surface area contributed by atoms with Crippen molar-refractivity contribution in [1.82, 2.24) is 0 Å². The van der Waals surface area contributed by atoms with Crippen LogP contribution in [-0.2, 0) is 6.42 Å². The molecule has 60 valence electrons. The Bertz CT molecular complexity index is 304. The molecule has 0 nitrogen and oxygen atoms in total. The maximum absolute atomic E-state index is 2.22. The first-order chi connectivity index (χ1) is 5.95. The molecule has 1 aliphatic rings. The van der Waals surface area contributed by atoms with E-state index in [1.165, 1.54) is 11.1 Å². The van der Waals surface area contributed by atoms with Crippen LogP contribution in [0.1, 0.15) is 12.0 Å². The molecule has 0 saturated carbocycles. The molecule has 1 aromatic carbocycles. The molecule has 0 aromatic heterocycles. The number of benzene rings is 1. The van der Waals surface area contributed by atoms with Crippen molar-refractivity contribution in [3.63, 3.8) is 0 Å². The minimum absolute atomic E-state index is 1.10. The zero-order chi connectivity index (χ0) is 8.23. The van der Waals surface area contributed by atoms with Gasteiger partial charge in [-0.1, -0.05) is 54.1 Å². The van der Waals surface area contributed by atoms with Gasteiger partial charge in [0, 0.05) is 0 Å². The van der Waals surface area contributed by atoms with Crippen LogP contribution in [0.25, 0.3) is 0 Å². The van der Waals surface area contributed by atoms with Crippen molar-refractivity contribution < 1.29 is 0 Å². The van der Waals surface area contributed by atoms with Crippen LogP contribution in [0.3, 0.4) is 0 Å². The monoisotopic (exact) mass is 156 g/mol. The molecule has 2 rings (SSSR count). The number of rotatable bonds is 2. The lowest BCUT2D eigenvalue weighted by molar-refractivity contribution is 1.09. The van der Waals surface area contributed by atoms with E-state index in [0.29, 0.717) is 0 Å². The molecular formula is C12H12. The third-order valence-corrected chi connectivity index (χ3v) is 2.12. The van der Waals surface area contributed by atoms with Crippen molar-refractivity contribution in [1.29, 1.82) is 0 Å². The zero-order valence-corrected chi connectivity index (χ0v) is 7.03. The Balaban J connectivity index is 2.05. The summed E-state index contributed by atoms with van der Waals surface area (Å²) in [6.45, 7) is 0. The second-order valence-corrected chi connectivity index (χ2v) is 3.12. The molecule has 0 spiro atoms. The Hall–Kier alpha value is -1.30. The van der Waals surface area contributed by atoms with Crippen molar-refractivity contribution in [3.8, 4) is 0 Å². The fourth-order valence-corrected chi connectivity index (χ4v) is 1.48. The van der Waals surface area contributed by atoms with Crippen molar-refractivity contribution >= 4 is 0 Å². The SMILES string of the molecule is C1=CCC(Cc2ccccc2)=C1. The van der Waals surface area contributed by atoms with Gasteiger partial charge in [-0.2, -0.15) is 0 Å². The van der Waals surface area contributed by atoms with E-state index >= 15 is 0 Å². The average molecular weight is 156 g/mol.